The van der Waals surface area contributed by atoms with Crippen molar-refractivity contribution in [1.82, 2.24) is 0 Å². The van der Waals surface area contributed by atoms with Crippen LogP contribution in [-0.4, -0.2) is 12.1 Å². The summed E-state index contributed by atoms with van der Waals surface area (Å²) < 4.78 is 5.65. The van der Waals surface area contributed by atoms with Gasteiger partial charge in [-0.05, 0) is 38.5 Å². The van der Waals surface area contributed by atoms with Crippen molar-refractivity contribution in [3.05, 3.63) is 0 Å². The van der Waals surface area contributed by atoms with E-state index in [0.717, 1.165) is 25.7 Å². The predicted octanol–water partition coefficient (Wildman–Crippen LogP) is 3.83. The number of rotatable bonds is 2. The topological polar surface area (TPSA) is 26.3 Å². The first-order valence-electron chi connectivity index (χ1n) is 7.07. The van der Waals surface area contributed by atoms with Crippen molar-refractivity contribution in [3.63, 3.8) is 0 Å². The molecule has 0 N–H and O–H groups in total. The normalized spacial score (nSPS) is 25.0. The molecule has 0 spiro atoms. The molecule has 2 fully saturated rings. The Hall–Kier alpha value is -0.530. The molecular formula is C14H24O2. The van der Waals surface area contributed by atoms with E-state index in [9.17, 15) is 4.79 Å². The fourth-order valence-corrected chi connectivity index (χ4v) is 2.96. The van der Waals surface area contributed by atoms with Crippen LogP contribution in [0.25, 0.3) is 0 Å². The standard InChI is InChI=1S/C14H24O2/c15-14(12-8-4-1-2-5-9-12)16-13-10-6-3-7-11-13/h12-13H,1-11H2. The summed E-state index contributed by atoms with van der Waals surface area (Å²) in [6.07, 6.45) is 13.4. The minimum atomic E-state index is 0.105. The molecule has 2 nitrogen and oxygen atoms in total. The third kappa shape index (κ3) is 3.50. The summed E-state index contributed by atoms with van der Waals surface area (Å²) in [5.74, 6) is 0.318. The number of carbonyl (C=O) groups is 1. The molecule has 0 amide bonds. The molecule has 0 saturated heterocycles. The van der Waals surface area contributed by atoms with Gasteiger partial charge in [-0.2, -0.15) is 0 Å². The third-order valence-electron chi connectivity index (χ3n) is 4.02. The Balaban J connectivity index is 1.76. The van der Waals surface area contributed by atoms with E-state index in [4.69, 9.17) is 4.74 Å². The molecule has 0 unspecified atom stereocenters. The minimum Gasteiger partial charge on any atom is -0.462 e. The largest absolute Gasteiger partial charge is 0.462 e. The van der Waals surface area contributed by atoms with Crippen LogP contribution in [0.2, 0.25) is 0 Å². The van der Waals surface area contributed by atoms with Crippen molar-refractivity contribution in [2.45, 2.75) is 76.7 Å². The Bertz CT molecular complexity index is 211. The lowest BCUT2D eigenvalue weighted by atomic mass is 9.97. The smallest absolute Gasteiger partial charge is 0.309 e. The second kappa shape index (κ2) is 6.27. The molecule has 0 aliphatic heterocycles. The molecule has 0 aromatic rings. The number of carbonyl (C=O) groups excluding carboxylic acids is 1. The van der Waals surface area contributed by atoms with Crippen molar-refractivity contribution in [3.8, 4) is 0 Å². The lowest BCUT2D eigenvalue weighted by Gasteiger charge is -2.24. The van der Waals surface area contributed by atoms with Gasteiger partial charge in [0.05, 0.1) is 5.92 Å². The maximum atomic E-state index is 12.0. The van der Waals surface area contributed by atoms with Crippen molar-refractivity contribution >= 4 is 5.97 Å². The number of ether oxygens (including phenoxy) is 1. The summed E-state index contributed by atoms with van der Waals surface area (Å²) in [5.41, 5.74) is 0. The van der Waals surface area contributed by atoms with Gasteiger partial charge in [0.1, 0.15) is 6.10 Å². The fourth-order valence-electron chi connectivity index (χ4n) is 2.96. The highest BCUT2D eigenvalue weighted by Gasteiger charge is 2.25. The molecule has 0 aromatic carbocycles. The van der Waals surface area contributed by atoms with Crippen molar-refractivity contribution in [1.29, 1.82) is 0 Å². The van der Waals surface area contributed by atoms with E-state index in [1.54, 1.807) is 0 Å². The maximum Gasteiger partial charge on any atom is 0.309 e. The van der Waals surface area contributed by atoms with Crippen LogP contribution in [0, 0.1) is 5.92 Å². The summed E-state index contributed by atoms with van der Waals surface area (Å²) in [7, 11) is 0. The van der Waals surface area contributed by atoms with Crippen molar-refractivity contribution < 1.29 is 9.53 Å². The summed E-state index contributed by atoms with van der Waals surface area (Å²) >= 11 is 0. The molecule has 92 valence electrons. The summed E-state index contributed by atoms with van der Waals surface area (Å²) in [4.78, 5) is 12.0. The molecule has 2 rings (SSSR count). The number of hydrogen-bond donors (Lipinski definition) is 0. The zero-order valence-corrected chi connectivity index (χ0v) is 10.2. The van der Waals surface area contributed by atoms with Crippen LogP contribution in [-0.2, 0) is 9.53 Å². The molecule has 0 aromatic heterocycles. The van der Waals surface area contributed by atoms with E-state index in [1.807, 2.05) is 0 Å². The van der Waals surface area contributed by atoms with Gasteiger partial charge in [-0.1, -0.05) is 32.1 Å². The van der Waals surface area contributed by atoms with E-state index < -0.39 is 0 Å². The van der Waals surface area contributed by atoms with E-state index in [-0.39, 0.29) is 18.0 Å². The van der Waals surface area contributed by atoms with Gasteiger partial charge >= 0.3 is 5.97 Å². The highest BCUT2D eigenvalue weighted by molar-refractivity contribution is 5.72. The third-order valence-corrected chi connectivity index (χ3v) is 4.02. The number of esters is 1. The lowest BCUT2D eigenvalue weighted by Crippen LogP contribution is -2.25. The van der Waals surface area contributed by atoms with Gasteiger partial charge in [0.25, 0.3) is 0 Å². The van der Waals surface area contributed by atoms with Crippen LogP contribution in [0.15, 0.2) is 0 Å². The average molecular weight is 224 g/mol. The fraction of sp³-hybridized carbons (Fsp3) is 0.929. The maximum absolute atomic E-state index is 12.0. The first kappa shape index (κ1) is 11.9. The second-order valence-corrected chi connectivity index (χ2v) is 5.39. The Morgan fingerprint density at radius 2 is 1.25 bits per heavy atom. The highest BCUT2D eigenvalue weighted by atomic mass is 16.5. The predicted molar refractivity (Wildman–Crippen MR) is 64.2 cm³/mol. The van der Waals surface area contributed by atoms with Crippen LogP contribution < -0.4 is 0 Å². The van der Waals surface area contributed by atoms with E-state index in [0.29, 0.717) is 0 Å². The van der Waals surface area contributed by atoms with Crippen molar-refractivity contribution in [2.75, 3.05) is 0 Å². The van der Waals surface area contributed by atoms with E-state index >= 15 is 0 Å². The van der Waals surface area contributed by atoms with Gasteiger partial charge in [0.15, 0.2) is 0 Å². The Kier molecular flexibility index (Phi) is 4.68. The van der Waals surface area contributed by atoms with Gasteiger partial charge in [-0.25, -0.2) is 0 Å². The molecule has 0 heterocycles. The van der Waals surface area contributed by atoms with E-state index in [1.165, 1.54) is 44.9 Å². The zero-order chi connectivity index (χ0) is 11.2. The molecule has 2 heteroatoms. The summed E-state index contributed by atoms with van der Waals surface area (Å²) in [5, 5.41) is 0. The van der Waals surface area contributed by atoms with Gasteiger partial charge < -0.3 is 4.74 Å². The Morgan fingerprint density at radius 1 is 0.750 bits per heavy atom. The molecule has 2 aliphatic rings. The minimum absolute atomic E-state index is 0.105. The van der Waals surface area contributed by atoms with Crippen LogP contribution in [0.4, 0.5) is 0 Å². The lowest BCUT2D eigenvalue weighted by molar-refractivity contribution is -0.156. The summed E-state index contributed by atoms with van der Waals surface area (Å²) in [6.45, 7) is 0. The van der Waals surface area contributed by atoms with E-state index in [2.05, 4.69) is 0 Å². The summed E-state index contributed by atoms with van der Waals surface area (Å²) in [6, 6.07) is 0. The molecule has 0 atom stereocenters. The van der Waals surface area contributed by atoms with Crippen LogP contribution in [0.5, 0.6) is 0 Å². The van der Waals surface area contributed by atoms with Gasteiger partial charge in [-0.3, -0.25) is 4.79 Å². The van der Waals surface area contributed by atoms with Gasteiger partial charge in [0, 0.05) is 0 Å². The average Bonchev–Trinajstić information content (AvgIpc) is 2.59. The number of hydrogen-bond acceptors (Lipinski definition) is 2. The molecule has 16 heavy (non-hydrogen) atoms. The molecule has 2 saturated carbocycles. The molecular weight excluding hydrogens is 200 g/mol. The molecule has 0 radical (unpaired) electrons. The Morgan fingerprint density at radius 3 is 1.88 bits per heavy atom. The van der Waals surface area contributed by atoms with Crippen LogP contribution >= 0.6 is 0 Å². The SMILES string of the molecule is O=C(OC1CCCCC1)C1CCCCCC1. The van der Waals surface area contributed by atoms with Gasteiger partial charge in [-0.15, -0.1) is 0 Å². The highest BCUT2D eigenvalue weighted by Crippen LogP contribution is 2.26. The quantitative estimate of drug-likeness (QED) is 0.526. The first-order valence-corrected chi connectivity index (χ1v) is 7.07. The second-order valence-electron chi connectivity index (χ2n) is 5.39. The molecule has 0 bridgehead atoms. The van der Waals surface area contributed by atoms with Crippen LogP contribution in [0.1, 0.15) is 70.6 Å². The van der Waals surface area contributed by atoms with Gasteiger partial charge in [0.2, 0.25) is 0 Å². The van der Waals surface area contributed by atoms with Crippen LogP contribution in [0.3, 0.4) is 0 Å². The molecule has 2 aliphatic carbocycles. The van der Waals surface area contributed by atoms with Crippen molar-refractivity contribution in [2.24, 2.45) is 5.92 Å². The monoisotopic (exact) mass is 224 g/mol. The zero-order valence-electron chi connectivity index (χ0n) is 10.2. The first-order chi connectivity index (χ1) is 7.86. The Labute approximate surface area is 98.7 Å².